The molecular weight excluding hydrogens is 635 g/mol. The van der Waals surface area contributed by atoms with E-state index < -0.39 is 0 Å². The van der Waals surface area contributed by atoms with Gasteiger partial charge in [-0.15, -0.1) is 0 Å². The Morgan fingerprint density at radius 3 is 1.92 bits per heavy atom. The molecule has 3 heterocycles. The van der Waals surface area contributed by atoms with Crippen LogP contribution in [0.25, 0.3) is 121 Å². The molecular formula is C49H27NO2. The number of benzene rings is 8. The van der Waals surface area contributed by atoms with Gasteiger partial charge in [0.05, 0.1) is 11.4 Å². The maximum absolute atomic E-state index is 6.74. The van der Waals surface area contributed by atoms with Crippen molar-refractivity contribution in [1.29, 1.82) is 0 Å². The fourth-order valence-electron chi connectivity index (χ4n) is 8.64. The zero-order valence-corrected chi connectivity index (χ0v) is 27.9. The van der Waals surface area contributed by atoms with E-state index in [1.807, 2.05) is 12.1 Å². The Kier molecular flexibility index (Phi) is 5.50. The summed E-state index contributed by atoms with van der Waals surface area (Å²) >= 11 is 0. The molecule has 52 heavy (non-hydrogen) atoms. The Bertz CT molecular complexity index is 3300. The zero-order valence-electron chi connectivity index (χ0n) is 27.9. The molecule has 0 aliphatic heterocycles. The number of pyridine rings is 1. The van der Waals surface area contributed by atoms with Gasteiger partial charge >= 0.3 is 0 Å². The van der Waals surface area contributed by atoms with Crippen LogP contribution < -0.4 is 0 Å². The first kappa shape index (κ1) is 27.8. The molecule has 0 spiro atoms. The topological polar surface area (TPSA) is 39.2 Å². The number of hydrogen-bond acceptors (Lipinski definition) is 3. The van der Waals surface area contributed by atoms with Crippen LogP contribution in [-0.4, -0.2) is 4.98 Å². The van der Waals surface area contributed by atoms with Gasteiger partial charge in [-0.05, 0) is 110 Å². The van der Waals surface area contributed by atoms with E-state index in [9.17, 15) is 0 Å². The lowest BCUT2D eigenvalue weighted by atomic mass is 9.95. The third-order valence-electron chi connectivity index (χ3n) is 11.0. The monoisotopic (exact) mass is 661 g/mol. The molecule has 0 N–H and O–H groups in total. The maximum Gasteiger partial charge on any atom is 0.136 e. The Morgan fingerprint density at radius 1 is 0.308 bits per heavy atom. The molecule has 12 rings (SSSR count). The number of fused-ring (bicyclic) bond motifs is 11. The van der Waals surface area contributed by atoms with Gasteiger partial charge in [0.25, 0.3) is 0 Å². The second-order valence-electron chi connectivity index (χ2n) is 13.8. The van der Waals surface area contributed by atoms with Crippen molar-refractivity contribution >= 4 is 65.4 Å². The minimum Gasteiger partial charge on any atom is -0.456 e. The van der Waals surface area contributed by atoms with Gasteiger partial charge in [0, 0.05) is 32.7 Å². The highest BCUT2D eigenvalue weighted by Crippen LogP contribution is 2.51. The molecule has 3 heteroatoms. The van der Waals surface area contributed by atoms with Crippen LogP contribution in [0.3, 0.4) is 0 Å². The first-order chi connectivity index (χ1) is 25.7. The largest absolute Gasteiger partial charge is 0.456 e. The smallest absolute Gasteiger partial charge is 0.136 e. The van der Waals surface area contributed by atoms with Crippen LogP contribution in [0, 0.1) is 0 Å². The molecule has 0 atom stereocenters. The Labute approximate surface area is 298 Å². The predicted octanol–water partition coefficient (Wildman–Crippen LogP) is 13.8. The summed E-state index contributed by atoms with van der Waals surface area (Å²) in [7, 11) is 0. The van der Waals surface area contributed by atoms with Crippen molar-refractivity contribution in [3.63, 3.8) is 0 Å². The van der Waals surface area contributed by atoms with E-state index in [1.54, 1.807) is 0 Å². The van der Waals surface area contributed by atoms with Gasteiger partial charge in [-0.1, -0.05) is 109 Å². The van der Waals surface area contributed by atoms with Gasteiger partial charge < -0.3 is 8.83 Å². The summed E-state index contributed by atoms with van der Waals surface area (Å²) < 4.78 is 12.9. The molecule has 1 aliphatic rings. The van der Waals surface area contributed by atoms with Gasteiger partial charge in [0.1, 0.15) is 22.3 Å². The second kappa shape index (κ2) is 10.3. The summed E-state index contributed by atoms with van der Waals surface area (Å²) in [5.41, 5.74) is 14.8. The number of rotatable bonds is 3. The van der Waals surface area contributed by atoms with Gasteiger partial charge in [-0.2, -0.15) is 0 Å². The van der Waals surface area contributed by atoms with E-state index in [4.69, 9.17) is 13.8 Å². The molecule has 0 fully saturated rings. The lowest BCUT2D eigenvalue weighted by Crippen LogP contribution is -1.92. The summed E-state index contributed by atoms with van der Waals surface area (Å²) in [4.78, 5) is 5.34. The Hall–Kier alpha value is -6.97. The SMILES string of the molecule is c1ccc2c(c1)-c1cccc3c1c-2cc1oc2cc(-c4cc(-c5ccc6oc7ccccc7c6c5)nc(-c5cccc6ccccc56)c4)ccc2c13. The first-order valence-corrected chi connectivity index (χ1v) is 17.7. The summed E-state index contributed by atoms with van der Waals surface area (Å²) in [5.74, 6) is 0. The van der Waals surface area contributed by atoms with Gasteiger partial charge in [0.15, 0.2) is 0 Å². The normalized spacial score (nSPS) is 12.2. The van der Waals surface area contributed by atoms with Crippen LogP contribution >= 0.6 is 0 Å². The van der Waals surface area contributed by atoms with Crippen molar-refractivity contribution < 1.29 is 8.83 Å². The molecule has 3 nitrogen and oxygen atoms in total. The number of aromatic nitrogens is 1. The van der Waals surface area contributed by atoms with Gasteiger partial charge in [-0.3, -0.25) is 0 Å². The molecule has 11 aromatic rings. The Balaban J connectivity index is 1.08. The fraction of sp³-hybridized carbons (Fsp3) is 0. The van der Waals surface area contributed by atoms with E-state index in [1.165, 1.54) is 49.2 Å². The summed E-state index contributed by atoms with van der Waals surface area (Å²) in [6, 6.07) is 58.2. The molecule has 0 unspecified atom stereocenters. The molecule has 8 aromatic carbocycles. The maximum atomic E-state index is 6.74. The summed E-state index contributed by atoms with van der Waals surface area (Å²) in [6.45, 7) is 0. The average Bonchev–Trinajstić information content (AvgIpc) is 3.87. The third kappa shape index (κ3) is 3.88. The van der Waals surface area contributed by atoms with Crippen LogP contribution in [0.1, 0.15) is 0 Å². The zero-order chi connectivity index (χ0) is 33.9. The van der Waals surface area contributed by atoms with Crippen LogP contribution in [0.5, 0.6) is 0 Å². The van der Waals surface area contributed by atoms with Crippen LogP contribution in [0.2, 0.25) is 0 Å². The third-order valence-corrected chi connectivity index (χ3v) is 11.0. The lowest BCUT2D eigenvalue weighted by molar-refractivity contribution is 0.669. The highest BCUT2D eigenvalue weighted by atomic mass is 16.3. The molecule has 0 bridgehead atoms. The van der Waals surface area contributed by atoms with Crippen molar-refractivity contribution in [3.05, 3.63) is 164 Å². The number of nitrogens with zero attached hydrogens (tertiary/aromatic N) is 1. The summed E-state index contributed by atoms with van der Waals surface area (Å²) in [6.07, 6.45) is 0. The number of para-hydroxylation sites is 1. The molecule has 1 aliphatic carbocycles. The molecule has 0 amide bonds. The van der Waals surface area contributed by atoms with Crippen molar-refractivity contribution in [2.45, 2.75) is 0 Å². The van der Waals surface area contributed by atoms with E-state index in [-0.39, 0.29) is 0 Å². The van der Waals surface area contributed by atoms with Crippen LogP contribution in [0.15, 0.2) is 173 Å². The van der Waals surface area contributed by atoms with Gasteiger partial charge in [0.2, 0.25) is 0 Å². The highest BCUT2D eigenvalue weighted by Gasteiger charge is 2.24. The predicted molar refractivity (Wildman–Crippen MR) is 215 cm³/mol. The van der Waals surface area contributed by atoms with Crippen molar-refractivity contribution in [3.8, 4) is 55.9 Å². The molecule has 0 saturated carbocycles. The minimum atomic E-state index is 0.872. The van der Waals surface area contributed by atoms with E-state index in [0.717, 1.165) is 72.1 Å². The minimum absolute atomic E-state index is 0.872. The van der Waals surface area contributed by atoms with Crippen LogP contribution in [-0.2, 0) is 0 Å². The molecule has 240 valence electrons. The van der Waals surface area contributed by atoms with Crippen LogP contribution in [0.4, 0.5) is 0 Å². The van der Waals surface area contributed by atoms with Crippen molar-refractivity contribution in [1.82, 2.24) is 4.98 Å². The van der Waals surface area contributed by atoms with E-state index in [0.29, 0.717) is 0 Å². The molecule has 0 radical (unpaired) electrons. The standard InChI is InChI=1S/C49H27NO2/c1-2-11-32-28(9-1)10-7-15-35(32)43-25-31(24-42(50-43)30-20-22-45-40(23-30)36-14-5-6-18-44(36)51-45)29-19-21-38-46(26-29)52-47-27-41-34-13-4-3-12-33(34)37-16-8-17-39(48(37)41)49(38)47/h1-27H. The second-order valence-corrected chi connectivity index (χ2v) is 13.8. The van der Waals surface area contributed by atoms with Gasteiger partial charge in [-0.25, -0.2) is 4.98 Å². The lowest BCUT2D eigenvalue weighted by Gasteiger charge is -2.12. The fourth-order valence-corrected chi connectivity index (χ4v) is 8.64. The van der Waals surface area contributed by atoms with Crippen molar-refractivity contribution in [2.24, 2.45) is 0 Å². The number of furan rings is 2. The van der Waals surface area contributed by atoms with Crippen molar-refractivity contribution in [2.75, 3.05) is 0 Å². The number of hydrogen-bond donors (Lipinski definition) is 0. The molecule has 3 aromatic heterocycles. The average molecular weight is 662 g/mol. The Morgan fingerprint density at radius 2 is 0.981 bits per heavy atom. The highest BCUT2D eigenvalue weighted by molar-refractivity contribution is 6.28. The van der Waals surface area contributed by atoms with E-state index >= 15 is 0 Å². The summed E-state index contributed by atoms with van der Waals surface area (Å²) in [5, 5.41) is 9.39. The quantitative estimate of drug-likeness (QED) is 0.189. The molecule has 0 saturated heterocycles. The van der Waals surface area contributed by atoms with E-state index in [2.05, 4.69) is 152 Å². The first-order valence-electron chi connectivity index (χ1n) is 17.7.